The first kappa shape index (κ1) is 15.6. The lowest BCUT2D eigenvalue weighted by Gasteiger charge is -2.06. The van der Waals surface area contributed by atoms with Crippen LogP contribution in [0.25, 0.3) is 11.1 Å². The standard InChI is InChI=1S/C18H17FN4O2/c19-14-3-1-12(2-4-14)13-7-17(20-8-13)18(24)22-15-9-21-23(10-15)16-5-6-25-11-16/h1-4,7-10,16,20H,5-6,11H2,(H,22,24)/t16-/m1/s1. The largest absolute Gasteiger partial charge is 0.379 e. The van der Waals surface area contributed by atoms with Crippen LogP contribution in [0, 0.1) is 5.82 Å². The molecule has 1 aromatic carbocycles. The summed E-state index contributed by atoms with van der Waals surface area (Å²) in [4.78, 5) is 15.3. The number of nitrogens with one attached hydrogen (secondary N) is 2. The summed E-state index contributed by atoms with van der Waals surface area (Å²) < 4.78 is 20.2. The maximum absolute atomic E-state index is 13.0. The fraction of sp³-hybridized carbons (Fsp3) is 0.222. The van der Waals surface area contributed by atoms with E-state index in [0.717, 1.165) is 24.2 Å². The molecule has 6 nitrogen and oxygen atoms in total. The molecule has 2 N–H and O–H groups in total. The van der Waals surface area contributed by atoms with Gasteiger partial charge in [0.05, 0.1) is 24.5 Å². The highest BCUT2D eigenvalue weighted by Crippen LogP contribution is 2.22. The summed E-state index contributed by atoms with van der Waals surface area (Å²) in [5.41, 5.74) is 2.72. The molecule has 1 fully saturated rings. The van der Waals surface area contributed by atoms with Gasteiger partial charge in [-0.05, 0) is 35.7 Å². The molecular weight excluding hydrogens is 323 g/mol. The summed E-state index contributed by atoms with van der Waals surface area (Å²) >= 11 is 0. The van der Waals surface area contributed by atoms with Crippen LogP contribution in [-0.4, -0.2) is 33.9 Å². The van der Waals surface area contributed by atoms with Gasteiger partial charge >= 0.3 is 0 Å². The molecule has 0 aliphatic carbocycles. The van der Waals surface area contributed by atoms with Crippen molar-refractivity contribution in [3.05, 3.63) is 60.4 Å². The van der Waals surface area contributed by atoms with Gasteiger partial charge in [0.15, 0.2) is 0 Å². The number of anilines is 1. The lowest BCUT2D eigenvalue weighted by atomic mass is 10.1. The molecule has 1 aliphatic rings. The highest BCUT2D eigenvalue weighted by atomic mass is 19.1. The van der Waals surface area contributed by atoms with Gasteiger partial charge in [-0.3, -0.25) is 9.48 Å². The Balaban J connectivity index is 1.45. The molecule has 1 aliphatic heterocycles. The van der Waals surface area contributed by atoms with Crippen LogP contribution in [0.1, 0.15) is 23.0 Å². The molecule has 3 aromatic rings. The van der Waals surface area contributed by atoms with Gasteiger partial charge in [0.2, 0.25) is 0 Å². The van der Waals surface area contributed by atoms with E-state index in [1.165, 1.54) is 12.1 Å². The van der Waals surface area contributed by atoms with Crippen molar-refractivity contribution in [3.63, 3.8) is 0 Å². The number of aromatic nitrogens is 3. The second kappa shape index (κ2) is 6.52. The van der Waals surface area contributed by atoms with Crippen LogP contribution in [-0.2, 0) is 4.74 Å². The number of hydrogen-bond donors (Lipinski definition) is 2. The van der Waals surface area contributed by atoms with E-state index in [1.54, 1.807) is 36.8 Å². The molecule has 0 saturated carbocycles. The monoisotopic (exact) mass is 340 g/mol. The molecule has 1 atom stereocenters. The zero-order chi connectivity index (χ0) is 17.2. The highest BCUT2D eigenvalue weighted by molar-refractivity contribution is 6.03. The Morgan fingerprint density at radius 3 is 2.92 bits per heavy atom. The summed E-state index contributed by atoms with van der Waals surface area (Å²) in [6, 6.07) is 8.09. The van der Waals surface area contributed by atoms with E-state index in [9.17, 15) is 9.18 Å². The SMILES string of the molecule is O=C(Nc1cnn([C@@H]2CCOC2)c1)c1cc(-c2ccc(F)cc2)c[nH]1. The Kier molecular flexibility index (Phi) is 4.07. The van der Waals surface area contributed by atoms with Gasteiger partial charge in [-0.1, -0.05) is 12.1 Å². The van der Waals surface area contributed by atoms with Crippen LogP contribution < -0.4 is 5.32 Å². The number of carbonyl (C=O) groups excluding carboxylic acids is 1. The first-order valence-corrected chi connectivity index (χ1v) is 8.06. The molecule has 7 heteroatoms. The number of benzene rings is 1. The van der Waals surface area contributed by atoms with Crippen molar-refractivity contribution in [2.24, 2.45) is 0 Å². The number of halogens is 1. The van der Waals surface area contributed by atoms with E-state index in [-0.39, 0.29) is 17.8 Å². The second-order valence-electron chi connectivity index (χ2n) is 5.99. The Morgan fingerprint density at radius 1 is 1.32 bits per heavy atom. The second-order valence-corrected chi connectivity index (χ2v) is 5.99. The van der Waals surface area contributed by atoms with Crippen LogP contribution in [0.5, 0.6) is 0 Å². The quantitative estimate of drug-likeness (QED) is 0.766. The predicted octanol–water partition coefficient (Wildman–Crippen LogP) is 3.23. The minimum absolute atomic E-state index is 0.223. The van der Waals surface area contributed by atoms with Gasteiger partial charge < -0.3 is 15.0 Å². The summed E-state index contributed by atoms with van der Waals surface area (Å²) in [6.07, 6.45) is 6.08. The fourth-order valence-corrected chi connectivity index (χ4v) is 2.87. The minimum Gasteiger partial charge on any atom is -0.379 e. The maximum atomic E-state index is 13.0. The highest BCUT2D eigenvalue weighted by Gasteiger charge is 2.19. The third-order valence-electron chi connectivity index (χ3n) is 4.24. The van der Waals surface area contributed by atoms with Crippen molar-refractivity contribution in [2.75, 3.05) is 18.5 Å². The molecule has 1 amide bonds. The molecule has 4 rings (SSSR count). The molecule has 0 radical (unpaired) electrons. The van der Waals surface area contributed by atoms with Crippen molar-refractivity contribution in [2.45, 2.75) is 12.5 Å². The molecule has 0 unspecified atom stereocenters. The average molecular weight is 340 g/mol. The first-order valence-electron chi connectivity index (χ1n) is 8.06. The van der Waals surface area contributed by atoms with Gasteiger partial charge in [-0.2, -0.15) is 5.10 Å². The molecule has 0 bridgehead atoms. The van der Waals surface area contributed by atoms with Crippen molar-refractivity contribution in [1.29, 1.82) is 0 Å². The normalized spacial score (nSPS) is 16.9. The first-order chi connectivity index (χ1) is 12.2. The number of H-pyrrole nitrogens is 1. The van der Waals surface area contributed by atoms with E-state index in [4.69, 9.17) is 4.74 Å². The number of ether oxygens (including phenoxy) is 1. The summed E-state index contributed by atoms with van der Waals surface area (Å²) in [5.74, 6) is -0.544. The van der Waals surface area contributed by atoms with Crippen molar-refractivity contribution < 1.29 is 13.9 Å². The third kappa shape index (κ3) is 3.32. The fourth-order valence-electron chi connectivity index (χ4n) is 2.87. The zero-order valence-electron chi connectivity index (χ0n) is 13.4. The van der Waals surface area contributed by atoms with Crippen LogP contribution in [0.15, 0.2) is 48.9 Å². The summed E-state index contributed by atoms with van der Waals surface area (Å²) in [6.45, 7) is 1.38. The Hall–Kier alpha value is -2.93. The summed E-state index contributed by atoms with van der Waals surface area (Å²) in [7, 11) is 0. The van der Waals surface area contributed by atoms with Gasteiger partial charge in [-0.25, -0.2) is 4.39 Å². The lowest BCUT2D eigenvalue weighted by Crippen LogP contribution is -2.12. The number of carbonyl (C=O) groups is 1. The van der Waals surface area contributed by atoms with E-state index < -0.39 is 0 Å². The molecule has 1 saturated heterocycles. The number of amides is 1. The third-order valence-corrected chi connectivity index (χ3v) is 4.24. The Bertz CT molecular complexity index is 879. The van der Waals surface area contributed by atoms with Crippen LogP contribution in [0.4, 0.5) is 10.1 Å². The predicted molar refractivity (Wildman–Crippen MR) is 90.8 cm³/mol. The average Bonchev–Trinajstić information content (AvgIpc) is 3.36. The molecule has 2 aromatic heterocycles. The van der Waals surface area contributed by atoms with Crippen molar-refractivity contribution in [3.8, 4) is 11.1 Å². The number of rotatable bonds is 4. The van der Waals surface area contributed by atoms with Gasteiger partial charge in [0, 0.05) is 19.0 Å². The maximum Gasteiger partial charge on any atom is 0.272 e. The number of nitrogens with zero attached hydrogens (tertiary/aromatic N) is 2. The van der Waals surface area contributed by atoms with Crippen LogP contribution >= 0.6 is 0 Å². The molecule has 3 heterocycles. The van der Waals surface area contributed by atoms with E-state index in [1.807, 2.05) is 4.68 Å². The molecule has 128 valence electrons. The van der Waals surface area contributed by atoms with E-state index in [0.29, 0.717) is 18.0 Å². The molecule has 25 heavy (non-hydrogen) atoms. The van der Waals surface area contributed by atoms with Gasteiger partial charge in [0.1, 0.15) is 11.5 Å². The van der Waals surface area contributed by atoms with Crippen LogP contribution in [0.3, 0.4) is 0 Å². The van der Waals surface area contributed by atoms with E-state index in [2.05, 4.69) is 15.4 Å². The minimum atomic E-state index is -0.290. The zero-order valence-corrected chi connectivity index (χ0v) is 13.4. The van der Waals surface area contributed by atoms with Crippen molar-refractivity contribution in [1.82, 2.24) is 14.8 Å². The molecule has 0 spiro atoms. The van der Waals surface area contributed by atoms with E-state index >= 15 is 0 Å². The number of aromatic amines is 1. The number of hydrogen-bond acceptors (Lipinski definition) is 3. The van der Waals surface area contributed by atoms with Gasteiger partial charge in [-0.15, -0.1) is 0 Å². The smallest absolute Gasteiger partial charge is 0.272 e. The van der Waals surface area contributed by atoms with Crippen molar-refractivity contribution >= 4 is 11.6 Å². The Labute approximate surface area is 143 Å². The van der Waals surface area contributed by atoms with Gasteiger partial charge in [0.25, 0.3) is 5.91 Å². The topological polar surface area (TPSA) is 71.9 Å². The summed E-state index contributed by atoms with van der Waals surface area (Å²) in [5, 5.41) is 7.10. The van der Waals surface area contributed by atoms with Crippen LogP contribution in [0.2, 0.25) is 0 Å². The molecular formula is C18H17FN4O2. The Morgan fingerprint density at radius 2 is 2.16 bits per heavy atom. The lowest BCUT2D eigenvalue weighted by molar-refractivity contribution is 0.102.